The van der Waals surface area contributed by atoms with Gasteiger partial charge in [0.2, 0.25) is 24.1 Å². The zero-order valence-electron chi connectivity index (χ0n) is 9.52. The van der Waals surface area contributed by atoms with Crippen molar-refractivity contribution in [3.63, 3.8) is 0 Å². The van der Waals surface area contributed by atoms with Crippen molar-refractivity contribution in [2.75, 3.05) is 26.2 Å². The molecule has 0 saturated carbocycles. The van der Waals surface area contributed by atoms with Crippen molar-refractivity contribution in [2.45, 2.75) is 0 Å². The predicted molar refractivity (Wildman–Crippen MR) is 59.2 cm³/mol. The first-order valence-corrected chi connectivity index (χ1v) is 5.01. The van der Waals surface area contributed by atoms with E-state index in [2.05, 4.69) is 21.3 Å². The molecule has 4 amide bonds. The van der Waals surface area contributed by atoms with Crippen molar-refractivity contribution in [3.8, 4) is 0 Å². The van der Waals surface area contributed by atoms with Gasteiger partial charge in [0.15, 0.2) is 0 Å². The highest BCUT2D eigenvalue weighted by molar-refractivity contribution is 5.89. The van der Waals surface area contributed by atoms with E-state index in [4.69, 9.17) is 0 Å². The van der Waals surface area contributed by atoms with Crippen LogP contribution in [0.5, 0.6) is 0 Å². The summed E-state index contributed by atoms with van der Waals surface area (Å²) in [6.45, 7) is -0.936. The van der Waals surface area contributed by atoms with Gasteiger partial charge in [0.25, 0.3) is 0 Å². The molecule has 0 aromatic rings. The summed E-state index contributed by atoms with van der Waals surface area (Å²) in [5, 5.41) is 8.80. The van der Waals surface area contributed by atoms with E-state index in [0.29, 0.717) is 12.7 Å². The monoisotopic (exact) mass is 258 g/mol. The second-order valence-electron chi connectivity index (χ2n) is 3.02. The average molecular weight is 258 g/mol. The number of aldehydes is 1. The summed E-state index contributed by atoms with van der Waals surface area (Å²) in [6.07, 6.45) is 0.872. The van der Waals surface area contributed by atoms with Gasteiger partial charge in [-0.25, -0.2) is 0 Å². The van der Waals surface area contributed by atoms with Crippen LogP contribution in [-0.4, -0.2) is 56.6 Å². The van der Waals surface area contributed by atoms with Crippen LogP contribution in [0.15, 0.2) is 0 Å². The molecule has 0 aliphatic heterocycles. The Labute approximate surface area is 103 Å². The Bertz CT molecular complexity index is 301. The largest absolute Gasteiger partial charge is 0.350 e. The fourth-order valence-electron chi connectivity index (χ4n) is 0.835. The van der Waals surface area contributed by atoms with Crippen molar-refractivity contribution in [3.05, 3.63) is 0 Å². The van der Waals surface area contributed by atoms with Crippen LogP contribution in [0.25, 0.3) is 0 Å². The number of amides is 4. The van der Waals surface area contributed by atoms with Crippen LogP contribution < -0.4 is 21.3 Å². The minimum Gasteiger partial charge on any atom is -0.350 e. The molecule has 0 unspecified atom stereocenters. The highest BCUT2D eigenvalue weighted by atomic mass is 16.2. The molecule has 0 saturated heterocycles. The van der Waals surface area contributed by atoms with E-state index in [9.17, 15) is 24.0 Å². The summed E-state index contributed by atoms with van der Waals surface area (Å²) in [5.41, 5.74) is 0. The summed E-state index contributed by atoms with van der Waals surface area (Å²) in [5.74, 6) is -1.59. The fraction of sp³-hybridized carbons (Fsp3) is 0.444. The van der Waals surface area contributed by atoms with Crippen molar-refractivity contribution >= 4 is 30.4 Å². The van der Waals surface area contributed by atoms with Gasteiger partial charge >= 0.3 is 0 Å². The third-order valence-corrected chi connectivity index (χ3v) is 1.62. The fourth-order valence-corrected chi connectivity index (χ4v) is 0.835. The van der Waals surface area contributed by atoms with Crippen molar-refractivity contribution < 1.29 is 24.0 Å². The lowest BCUT2D eigenvalue weighted by atomic mass is 10.5. The van der Waals surface area contributed by atoms with E-state index < -0.39 is 17.7 Å². The molecule has 0 aromatic heterocycles. The van der Waals surface area contributed by atoms with Gasteiger partial charge in [-0.05, 0) is 0 Å². The second kappa shape index (κ2) is 9.75. The molecule has 0 aliphatic rings. The predicted octanol–water partition coefficient (Wildman–Crippen LogP) is -3.72. The molecule has 0 aromatic carbocycles. The maximum Gasteiger partial charge on any atom is 0.239 e. The van der Waals surface area contributed by atoms with Gasteiger partial charge in [-0.1, -0.05) is 0 Å². The Hall–Kier alpha value is -2.45. The Morgan fingerprint density at radius 1 is 0.778 bits per heavy atom. The molecule has 4 N–H and O–H groups in total. The zero-order chi connectivity index (χ0) is 13.8. The topological polar surface area (TPSA) is 133 Å². The van der Waals surface area contributed by atoms with Crippen LogP contribution in [0.4, 0.5) is 0 Å². The number of nitrogens with one attached hydrogen (secondary N) is 4. The molecular weight excluding hydrogens is 244 g/mol. The van der Waals surface area contributed by atoms with Crippen molar-refractivity contribution in [2.24, 2.45) is 0 Å². The second-order valence-corrected chi connectivity index (χ2v) is 3.02. The standard InChI is InChI=1S/C9H14N4O5/c14-2-1-11-8(17)4-13-9(18)5-12-7(16)3-10-6-15/h2,6H,1,3-5H2,(H,10,15)(H,11,17)(H,12,16)(H,13,18). The van der Waals surface area contributed by atoms with Gasteiger partial charge in [0.05, 0.1) is 26.2 Å². The first-order valence-electron chi connectivity index (χ1n) is 5.01. The first-order chi connectivity index (χ1) is 8.60. The van der Waals surface area contributed by atoms with Crippen LogP contribution >= 0.6 is 0 Å². The van der Waals surface area contributed by atoms with Crippen LogP contribution in [-0.2, 0) is 24.0 Å². The minimum absolute atomic E-state index is 0.122. The number of carbonyl (C=O) groups excluding carboxylic acids is 5. The van der Waals surface area contributed by atoms with Crippen molar-refractivity contribution in [1.29, 1.82) is 0 Å². The summed E-state index contributed by atoms with van der Waals surface area (Å²) in [4.78, 5) is 52.9. The lowest BCUT2D eigenvalue weighted by Crippen LogP contribution is -2.43. The van der Waals surface area contributed by atoms with E-state index >= 15 is 0 Å². The Morgan fingerprint density at radius 2 is 1.28 bits per heavy atom. The average Bonchev–Trinajstić information content (AvgIpc) is 2.37. The molecule has 0 spiro atoms. The summed E-state index contributed by atoms with van der Waals surface area (Å²) >= 11 is 0. The van der Waals surface area contributed by atoms with Gasteiger partial charge < -0.3 is 26.1 Å². The first kappa shape index (κ1) is 15.6. The third kappa shape index (κ3) is 8.83. The molecule has 0 heterocycles. The Morgan fingerprint density at radius 3 is 1.78 bits per heavy atom. The van der Waals surface area contributed by atoms with Crippen LogP contribution in [0.1, 0.15) is 0 Å². The van der Waals surface area contributed by atoms with E-state index in [1.165, 1.54) is 0 Å². The van der Waals surface area contributed by atoms with Gasteiger partial charge in [-0.2, -0.15) is 0 Å². The normalized spacial score (nSPS) is 8.89. The SMILES string of the molecule is O=CCNC(=O)CNC(=O)CNC(=O)CNC=O. The molecule has 0 atom stereocenters. The number of carbonyl (C=O) groups is 5. The maximum absolute atomic E-state index is 11.1. The molecule has 0 rings (SSSR count). The maximum atomic E-state index is 11.1. The molecular formula is C9H14N4O5. The Balaban J connectivity index is 3.64. The lowest BCUT2D eigenvalue weighted by molar-refractivity contribution is -0.127. The molecule has 0 radical (unpaired) electrons. The van der Waals surface area contributed by atoms with Gasteiger partial charge in [0, 0.05) is 0 Å². The Kier molecular flexibility index (Phi) is 8.43. The molecule has 9 heteroatoms. The van der Waals surface area contributed by atoms with Gasteiger partial charge in [-0.3, -0.25) is 19.2 Å². The molecule has 0 bridgehead atoms. The van der Waals surface area contributed by atoms with E-state index in [-0.39, 0.29) is 26.2 Å². The van der Waals surface area contributed by atoms with Gasteiger partial charge in [-0.15, -0.1) is 0 Å². The molecule has 100 valence electrons. The quantitative estimate of drug-likeness (QED) is 0.316. The van der Waals surface area contributed by atoms with E-state index in [1.54, 1.807) is 0 Å². The zero-order valence-corrected chi connectivity index (χ0v) is 9.52. The van der Waals surface area contributed by atoms with E-state index in [1.807, 2.05) is 0 Å². The number of hydrogen-bond acceptors (Lipinski definition) is 5. The van der Waals surface area contributed by atoms with Crippen LogP contribution in [0.2, 0.25) is 0 Å². The number of hydrogen-bond donors (Lipinski definition) is 4. The summed E-state index contributed by atoms with van der Waals surface area (Å²) in [7, 11) is 0. The summed E-state index contributed by atoms with van der Waals surface area (Å²) in [6, 6.07) is 0. The molecule has 18 heavy (non-hydrogen) atoms. The highest BCUT2D eigenvalue weighted by Crippen LogP contribution is 1.68. The smallest absolute Gasteiger partial charge is 0.239 e. The van der Waals surface area contributed by atoms with E-state index in [0.717, 1.165) is 0 Å². The number of rotatable bonds is 9. The summed E-state index contributed by atoms with van der Waals surface area (Å²) < 4.78 is 0. The molecule has 0 aliphatic carbocycles. The highest BCUT2D eigenvalue weighted by Gasteiger charge is 2.06. The molecule has 0 fully saturated rings. The lowest BCUT2D eigenvalue weighted by Gasteiger charge is -2.06. The molecule has 9 nitrogen and oxygen atoms in total. The minimum atomic E-state index is -0.560. The van der Waals surface area contributed by atoms with Gasteiger partial charge in [0.1, 0.15) is 6.29 Å². The van der Waals surface area contributed by atoms with Crippen LogP contribution in [0, 0.1) is 0 Å². The van der Waals surface area contributed by atoms with Crippen molar-refractivity contribution in [1.82, 2.24) is 21.3 Å². The van der Waals surface area contributed by atoms with Crippen LogP contribution in [0.3, 0.4) is 0 Å². The third-order valence-electron chi connectivity index (χ3n) is 1.62.